The van der Waals surface area contributed by atoms with Crippen molar-refractivity contribution in [2.24, 2.45) is 21.6 Å². The maximum Gasteiger partial charge on any atom is 0.135 e. The van der Waals surface area contributed by atoms with Gasteiger partial charge in [0, 0.05) is 22.9 Å². The van der Waals surface area contributed by atoms with Crippen LogP contribution in [0.2, 0.25) is 0 Å². The van der Waals surface area contributed by atoms with Gasteiger partial charge in [-0.2, -0.15) is 5.10 Å². The third-order valence-corrected chi connectivity index (χ3v) is 6.60. The Morgan fingerprint density at radius 1 is 0.941 bits per heavy atom. The van der Waals surface area contributed by atoms with Gasteiger partial charge >= 0.3 is 0 Å². The lowest BCUT2D eigenvalue weighted by molar-refractivity contribution is 0.393. The Kier molecular flexibility index (Phi) is 4.87. The Hall–Kier alpha value is -4.06. The fourth-order valence-corrected chi connectivity index (χ4v) is 4.97. The first kappa shape index (κ1) is 20.5. The Morgan fingerprint density at radius 3 is 2.26 bits per heavy atom. The molecule has 0 spiro atoms. The summed E-state index contributed by atoms with van der Waals surface area (Å²) in [7, 11) is 0. The van der Waals surface area contributed by atoms with Crippen LogP contribution >= 0.6 is 0 Å². The number of fused-ring (bicyclic) bond motifs is 1. The molecule has 1 fully saturated rings. The minimum Gasteiger partial charge on any atom is -0.386 e. The van der Waals surface area contributed by atoms with Crippen LogP contribution in [0, 0.1) is 11.7 Å². The molecule has 1 atom stereocenters. The molecule has 2 aliphatic rings. The van der Waals surface area contributed by atoms with Crippen LogP contribution in [0.25, 0.3) is 0 Å². The minimum atomic E-state index is -0.881. The second-order valence-corrected chi connectivity index (χ2v) is 8.87. The molecule has 0 bridgehead atoms. The number of nitrogens with two attached hydrogens (primary N) is 1. The summed E-state index contributed by atoms with van der Waals surface area (Å²) in [6.07, 6.45) is 3.67. The van der Waals surface area contributed by atoms with Crippen molar-refractivity contribution in [3.05, 3.63) is 119 Å². The van der Waals surface area contributed by atoms with Gasteiger partial charge in [-0.15, -0.1) is 0 Å². The number of amidine groups is 1. The second-order valence-electron chi connectivity index (χ2n) is 8.87. The molecule has 1 saturated carbocycles. The van der Waals surface area contributed by atoms with Gasteiger partial charge in [-0.3, -0.25) is 9.67 Å². The van der Waals surface area contributed by atoms with Crippen LogP contribution in [0.5, 0.6) is 0 Å². The fraction of sp³-hybridized carbons (Fsp3) is 0.179. The summed E-state index contributed by atoms with van der Waals surface area (Å²) in [6, 6.07) is 27.1. The van der Waals surface area contributed by atoms with Crippen molar-refractivity contribution >= 4 is 17.2 Å². The van der Waals surface area contributed by atoms with Crippen LogP contribution in [-0.2, 0) is 12.1 Å². The lowest BCUT2D eigenvalue weighted by Crippen LogP contribution is -2.41. The van der Waals surface area contributed by atoms with Gasteiger partial charge in [-0.1, -0.05) is 60.7 Å². The van der Waals surface area contributed by atoms with E-state index in [1.54, 1.807) is 12.3 Å². The van der Waals surface area contributed by atoms with Crippen molar-refractivity contribution in [3.63, 3.8) is 0 Å². The molecule has 0 radical (unpaired) electrons. The predicted molar refractivity (Wildman–Crippen MR) is 132 cm³/mol. The number of benzene rings is 3. The van der Waals surface area contributed by atoms with Crippen molar-refractivity contribution < 1.29 is 4.39 Å². The van der Waals surface area contributed by atoms with Crippen LogP contribution in [0.15, 0.2) is 101 Å². The number of nitrogens with zero attached hydrogens (tertiary/aromatic N) is 4. The van der Waals surface area contributed by atoms with E-state index in [0.717, 1.165) is 35.4 Å². The lowest BCUT2D eigenvalue weighted by Gasteiger charge is -2.35. The van der Waals surface area contributed by atoms with Gasteiger partial charge in [-0.25, -0.2) is 9.38 Å². The molecule has 3 aromatic carbocycles. The molecule has 0 saturated heterocycles. The highest BCUT2D eigenvalue weighted by molar-refractivity contribution is 6.13. The first-order valence-electron chi connectivity index (χ1n) is 11.5. The molecule has 5 nitrogen and oxygen atoms in total. The van der Waals surface area contributed by atoms with E-state index in [2.05, 4.69) is 5.10 Å². The molecule has 1 aromatic heterocycles. The summed E-state index contributed by atoms with van der Waals surface area (Å²) in [5, 5.41) is 4.42. The molecule has 1 aliphatic heterocycles. The molecule has 168 valence electrons. The maximum atomic E-state index is 15.5. The lowest BCUT2D eigenvalue weighted by atomic mass is 9.80. The van der Waals surface area contributed by atoms with E-state index < -0.39 is 5.54 Å². The van der Waals surface area contributed by atoms with E-state index in [-0.39, 0.29) is 11.7 Å². The number of rotatable bonds is 5. The first-order chi connectivity index (χ1) is 16.6. The molecule has 2 N–H and O–H groups in total. The molecule has 2 heterocycles. The molecule has 6 rings (SSSR count). The van der Waals surface area contributed by atoms with Crippen molar-refractivity contribution in [3.8, 4) is 0 Å². The summed E-state index contributed by atoms with van der Waals surface area (Å²) in [5.74, 6) is 0.335. The molecular formula is C28H24FN5. The molecule has 0 amide bonds. The fourth-order valence-electron chi connectivity index (χ4n) is 4.97. The first-order valence-corrected chi connectivity index (χ1v) is 11.5. The van der Waals surface area contributed by atoms with Gasteiger partial charge in [0.25, 0.3) is 0 Å². The van der Waals surface area contributed by atoms with E-state index in [1.807, 2.05) is 77.5 Å². The average Bonchev–Trinajstić information content (AvgIpc) is 3.62. The SMILES string of the molecule is NC1=NC(c2cc(N=C(c3ccccc3)c3ccccc3)ccc2F)(C2CC2)c2ccnn2C1. The number of hydrogen-bond acceptors (Lipinski definition) is 4. The van der Waals surface area contributed by atoms with Crippen molar-refractivity contribution in [2.75, 3.05) is 0 Å². The van der Waals surface area contributed by atoms with Crippen LogP contribution in [-0.4, -0.2) is 21.3 Å². The van der Waals surface area contributed by atoms with Crippen LogP contribution in [0.1, 0.15) is 35.2 Å². The van der Waals surface area contributed by atoms with E-state index in [4.69, 9.17) is 15.7 Å². The number of halogens is 1. The molecule has 4 aromatic rings. The number of aliphatic imine (C=N–C) groups is 2. The zero-order valence-corrected chi connectivity index (χ0v) is 18.6. The van der Waals surface area contributed by atoms with E-state index in [1.165, 1.54) is 6.07 Å². The quantitative estimate of drug-likeness (QED) is 0.425. The van der Waals surface area contributed by atoms with E-state index >= 15 is 4.39 Å². The van der Waals surface area contributed by atoms with Gasteiger partial charge in [0.05, 0.1) is 23.6 Å². The minimum absolute atomic E-state index is 0.179. The summed E-state index contributed by atoms with van der Waals surface area (Å²) in [4.78, 5) is 9.92. The number of aromatic nitrogens is 2. The zero-order valence-electron chi connectivity index (χ0n) is 18.6. The van der Waals surface area contributed by atoms with E-state index in [0.29, 0.717) is 23.6 Å². The highest BCUT2D eigenvalue weighted by Gasteiger charge is 2.52. The van der Waals surface area contributed by atoms with Gasteiger partial charge in [-0.05, 0) is 43.0 Å². The monoisotopic (exact) mass is 449 g/mol. The molecule has 1 aliphatic carbocycles. The van der Waals surface area contributed by atoms with Crippen LogP contribution in [0.4, 0.5) is 10.1 Å². The molecule has 6 heteroatoms. The predicted octanol–water partition coefficient (Wildman–Crippen LogP) is 5.22. The van der Waals surface area contributed by atoms with E-state index in [9.17, 15) is 0 Å². The van der Waals surface area contributed by atoms with Crippen LogP contribution in [0.3, 0.4) is 0 Å². The third-order valence-electron chi connectivity index (χ3n) is 6.60. The summed E-state index contributed by atoms with van der Waals surface area (Å²) in [6.45, 7) is 0.419. The Labute approximate surface area is 197 Å². The number of hydrogen-bond donors (Lipinski definition) is 1. The van der Waals surface area contributed by atoms with Gasteiger partial charge in [0.15, 0.2) is 0 Å². The van der Waals surface area contributed by atoms with Crippen molar-refractivity contribution in [1.82, 2.24) is 9.78 Å². The average molecular weight is 450 g/mol. The zero-order chi connectivity index (χ0) is 23.1. The standard InChI is InChI=1S/C28H24FN5/c29-24-14-13-22(32-27(19-7-3-1-4-8-19)20-9-5-2-6-10-20)17-23(24)28(21-11-12-21)25-15-16-31-34(25)18-26(30)33-28/h1-10,13-17,21H,11-12,18H2,(H2,30,33). The van der Waals surface area contributed by atoms with Crippen LogP contribution < -0.4 is 5.73 Å². The molecule has 34 heavy (non-hydrogen) atoms. The summed E-state index contributed by atoms with van der Waals surface area (Å²) < 4.78 is 17.4. The largest absolute Gasteiger partial charge is 0.386 e. The highest BCUT2D eigenvalue weighted by Crippen LogP contribution is 2.54. The van der Waals surface area contributed by atoms with Crippen molar-refractivity contribution in [1.29, 1.82) is 0 Å². The Morgan fingerprint density at radius 2 is 1.62 bits per heavy atom. The smallest absolute Gasteiger partial charge is 0.135 e. The second kappa shape index (κ2) is 8.06. The molecule has 1 unspecified atom stereocenters. The molecular weight excluding hydrogens is 425 g/mol. The topological polar surface area (TPSA) is 68.6 Å². The summed E-state index contributed by atoms with van der Waals surface area (Å²) >= 11 is 0. The van der Waals surface area contributed by atoms with Crippen molar-refractivity contribution in [2.45, 2.75) is 24.9 Å². The highest BCUT2D eigenvalue weighted by atomic mass is 19.1. The van der Waals surface area contributed by atoms with Gasteiger partial charge < -0.3 is 5.73 Å². The van der Waals surface area contributed by atoms with Gasteiger partial charge in [0.1, 0.15) is 17.2 Å². The van der Waals surface area contributed by atoms with Gasteiger partial charge in [0.2, 0.25) is 0 Å². The third kappa shape index (κ3) is 3.43. The summed E-state index contributed by atoms with van der Waals surface area (Å²) in [5.41, 5.74) is 10.2. The maximum absolute atomic E-state index is 15.5. The Bertz CT molecular complexity index is 1360. The Balaban J connectivity index is 1.54. The normalized spacial score (nSPS) is 19.3.